The number of likely N-dealkylation sites (tertiary alicyclic amines) is 1. The first-order valence-electron chi connectivity index (χ1n) is 7.52. The van der Waals surface area contributed by atoms with E-state index in [-0.39, 0.29) is 5.41 Å². The molecular weight excluding hydrogens is 300 g/mol. The molecule has 116 valence electrons. The van der Waals surface area contributed by atoms with Gasteiger partial charge in [0.2, 0.25) is 0 Å². The second-order valence-electron chi connectivity index (χ2n) is 6.34. The monoisotopic (exact) mass is 318 g/mol. The lowest BCUT2D eigenvalue weighted by atomic mass is 9.85. The quantitative estimate of drug-likeness (QED) is 0.756. The summed E-state index contributed by atoms with van der Waals surface area (Å²) < 4.78 is 2.96. The van der Waals surface area contributed by atoms with Crippen molar-refractivity contribution >= 4 is 11.3 Å². The lowest BCUT2D eigenvalue weighted by Crippen LogP contribution is -2.45. The van der Waals surface area contributed by atoms with E-state index in [2.05, 4.69) is 17.0 Å². The molecule has 0 amide bonds. The average Bonchev–Trinajstić information content (AvgIpc) is 3.20. The van der Waals surface area contributed by atoms with E-state index in [1.807, 2.05) is 17.5 Å². The molecule has 0 N–H and O–H groups in total. The van der Waals surface area contributed by atoms with E-state index in [9.17, 15) is 9.59 Å². The lowest BCUT2D eigenvalue weighted by molar-refractivity contribution is 0.357. The van der Waals surface area contributed by atoms with Crippen molar-refractivity contribution in [3.05, 3.63) is 48.9 Å². The standard InChI is InChI=1S/C15H18N4O2S/c1-17-6-4-15(10-17)5-7-18-12(20)13(21)19(16-14(15)18)9-11-3-2-8-22-11/h2-3,8H,4-7,9-10H2,1H3/t15-/m0/s1. The maximum absolute atomic E-state index is 12.4. The summed E-state index contributed by atoms with van der Waals surface area (Å²) in [4.78, 5) is 28.0. The van der Waals surface area contributed by atoms with Crippen molar-refractivity contribution in [1.29, 1.82) is 0 Å². The second-order valence-corrected chi connectivity index (χ2v) is 7.37. The van der Waals surface area contributed by atoms with E-state index in [0.717, 1.165) is 36.6 Å². The Morgan fingerprint density at radius 2 is 2.09 bits per heavy atom. The summed E-state index contributed by atoms with van der Waals surface area (Å²) in [5, 5.41) is 6.57. The van der Waals surface area contributed by atoms with Crippen LogP contribution < -0.4 is 11.1 Å². The van der Waals surface area contributed by atoms with Crippen molar-refractivity contribution in [3.8, 4) is 0 Å². The van der Waals surface area contributed by atoms with E-state index in [1.165, 1.54) is 4.68 Å². The van der Waals surface area contributed by atoms with Crippen molar-refractivity contribution in [2.24, 2.45) is 0 Å². The third-order valence-electron chi connectivity index (χ3n) is 4.85. The third kappa shape index (κ3) is 1.99. The molecule has 1 spiro atoms. The second kappa shape index (κ2) is 4.89. The summed E-state index contributed by atoms with van der Waals surface area (Å²) in [7, 11) is 2.09. The molecule has 1 saturated heterocycles. The van der Waals surface area contributed by atoms with Gasteiger partial charge >= 0.3 is 11.1 Å². The summed E-state index contributed by atoms with van der Waals surface area (Å²) in [5.41, 5.74) is -0.993. The van der Waals surface area contributed by atoms with Crippen molar-refractivity contribution in [3.63, 3.8) is 0 Å². The molecule has 0 bridgehead atoms. The number of hydrogen-bond donors (Lipinski definition) is 0. The Bertz CT molecular complexity index is 823. The summed E-state index contributed by atoms with van der Waals surface area (Å²) in [6.07, 6.45) is 1.91. The van der Waals surface area contributed by atoms with Gasteiger partial charge in [-0.05, 0) is 37.9 Å². The molecule has 4 heterocycles. The fourth-order valence-corrected chi connectivity index (χ4v) is 4.38. The molecule has 7 heteroatoms. The minimum atomic E-state index is -0.513. The number of hydrogen-bond acceptors (Lipinski definition) is 5. The fraction of sp³-hybridized carbons (Fsp3) is 0.533. The Labute approximate surface area is 131 Å². The molecule has 1 atom stereocenters. The molecule has 4 rings (SSSR count). The zero-order valence-electron chi connectivity index (χ0n) is 12.5. The van der Waals surface area contributed by atoms with Crippen LogP contribution in [0.3, 0.4) is 0 Å². The van der Waals surface area contributed by atoms with Gasteiger partial charge in [-0.15, -0.1) is 11.3 Å². The summed E-state index contributed by atoms with van der Waals surface area (Å²) in [6.45, 7) is 2.92. The van der Waals surface area contributed by atoms with Crippen LogP contribution in [0.4, 0.5) is 0 Å². The first-order chi connectivity index (χ1) is 10.6. The van der Waals surface area contributed by atoms with Crippen molar-refractivity contribution in [2.75, 3.05) is 20.1 Å². The van der Waals surface area contributed by atoms with Crippen LogP contribution in [0.2, 0.25) is 0 Å². The Morgan fingerprint density at radius 3 is 2.77 bits per heavy atom. The number of aromatic nitrogens is 3. The molecular formula is C15H18N4O2S. The van der Waals surface area contributed by atoms with Gasteiger partial charge in [0.15, 0.2) is 0 Å². The van der Waals surface area contributed by atoms with Gasteiger partial charge in [0.1, 0.15) is 5.82 Å². The highest BCUT2D eigenvalue weighted by Gasteiger charge is 2.46. The minimum Gasteiger partial charge on any atom is -0.305 e. The van der Waals surface area contributed by atoms with Crippen LogP contribution in [0.1, 0.15) is 23.5 Å². The van der Waals surface area contributed by atoms with Gasteiger partial charge in [0.25, 0.3) is 0 Å². The molecule has 2 aliphatic rings. The predicted octanol–water partition coefficient (Wildman–Crippen LogP) is 0.492. The average molecular weight is 318 g/mol. The van der Waals surface area contributed by atoms with Crippen molar-refractivity contribution < 1.29 is 0 Å². The maximum atomic E-state index is 12.4. The Balaban J connectivity index is 1.83. The third-order valence-corrected chi connectivity index (χ3v) is 5.71. The Hall–Kier alpha value is -1.73. The largest absolute Gasteiger partial charge is 0.332 e. The van der Waals surface area contributed by atoms with Gasteiger partial charge in [-0.1, -0.05) is 6.07 Å². The van der Waals surface area contributed by atoms with Gasteiger partial charge < -0.3 is 4.90 Å². The normalized spacial score (nSPS) is 24.2. The topological polar surface area (TPSA) is 60.1 Å². The number of likely N-dealkylation sites (N-methyl/N-ethyl adjacent to an activating group) is 1. The van der Waals surface area contributed by atoms with Crippen LogP contribution in [0.15, 0.2) is 27.1 Å². The smallest absolute Gasteiger partial charge is 0.305 e. The van der Waals surface area contributed by atoms with Crippen LogP contribution in [0.5, 0.6) is 0 Å². The maximum Gasteiger partial charge on any atom is 0.332 e. The molecule has 2 aromatic heterocycles. The van der Waals surface area contributed by atoms with E-state index in [1.54, 1.807) is 15.9 Å². The Morgan fingerprint density at radius 1 is 1.27 bits per heavy atom. The van der Waals surface area contributed by atoms with E-state index in [4.69, 9.17) is 0 Å². The molecule has 0 radical (unpaired) electrons. The molecule has 0 saturated carbocycles. The number of fused-ring (bicyclic) bond motifs is 2. The zero-order chi connectivity index (χ0) is 15.3. The predicted molar refractivity (Wildman–Crippen MR) is 84.6 cm³/mol. The van der Waals surface area contributed by atoms with Crippen molar-refractivity contribution in [1.82, 2.24) is 19.2 Å². The molecule has 0 aromatic carbocycles. The summed E-state index contributed by atoms with van der Waals surface area (Å²) in [6, 6.07) is 3.90. The Kier molecular flexibility index (Phi) is 3.09. The van der Waals surface area contributed by atoms with E-state index < -0.39 is 11.1 Å². The number of thiophene rings is 1. The molecule has 22 heavy (non-hydrogen) atoms. The molecule has 2 aliphatic heterocycles. The van der Waals surface area contributed by atoms with Crippen LogP contribution in [-0.4, -0.2) is 39.4 Å². The number of rotatable bonds is 2. The summed E-state index contributed by atoms with van der Waals surface area (Å²) >= 11 is 1.57. The molecule has 0 unspecified atom stereocenters. The highest BCUT2D eigenvalue weighted by Crippen LogP contribution is 2.39. The van der Waals surface area contributed by atoms with Gasteiger partial charge in [0.05, 0.1) is 6.54 Å². The van der Waals surface area contributed by atoms with Gasteiger partial charge in [-0.3, -0.25) is 14.2 Å². The van der Waals surface area contributed by atoms with Crippen LogP contribution in [-0.2, 0) is 18.5 Å². The first-order valence-corrected chi connectivity index (χ1v) is 8.40. The first kappa shape index (κ1) is 13.9. The highest BCUT2D eigenvalue weighted by molar-refractivity contribution is 7.09. The molecule has 6 nitrogen and oxygen atoms in total. The van der Waals surface area contributed by atoms with Gasteiger partial charge in [-0.25, -0.2) is 4.68 Å². The fourth-order valence-electron chi connectivity index (χ4n) is 3.70. The van der Waals surface area contributed by atoms with E-state index in [0.29, 0.717) is 13.1 Å². The zero-order valence-corrected chi connectivity index (χ0v) is 13.3. The van der Waals surface area contributed by atoms with Crippen LogP contribution in [0, 0.1) is 0 Å². The van der Waals surface area contributed by atoms with Crippen LogP contribution in [0.25, 0.3) is 0 Å². The SMILES string of the molecule is CN1CC[C@]2(CCn3c2nn(Cc2cccs2)c(=O)c3=O)C1. The molecule has 2 aromatic rings. The molecule has 0 aliphatic carbocycles. The summed E-state index contributed by atoms with van der Waals surface area (Å²) in [5.74, 6) is 0.804. The highest BCUT2D eigenvalue weighted by atomic mass is 32.1. The lowest BCUT2D eigenvalue weighted by Gasteiger charge is -2.22. The van der Waals surface area contributed by atoms with Gasteiger partial charge in [0, 0.05) is 23.4 Å². The number of nitrogens with zero attached hydrogens (tertiary/aromatic N) is 4. The van der Waals surface area contributed by atoms with Crippen LogP contribution >= 0.6 is 11.3 Å². The van der Waals surface area contributed by atoms with Crippen molar-refractivity contribution in [2.45, 2.75) is 31.3 Å². The minimum absolute atomic E-state index is 0.0567. The van der Waals surface area contributed by atoms with E-state index >= 15 is 0 Å². The molecule has 1 fully saturated rings. The van der Waals surface area contributed by atoms with Gasteiger partial charge in [-0.2, -0.15) is 5.10 Å².